The van der Waals surface area contributed by atoms with Crippen LogP contribution in [-0.4, -0.2) is 52.8 Å². The van der Waals surface area contributed by atoms with Crippen LogP contribution in [0.2, 0.25) is 5.02 Å². The third kappa shape index (κ3) is 6.07. The van der Waals surface area contributed by atoms with Crippen molar-refractivity contribution in [2.24, 2.45) is 0 Å². The molecule has 0 spiro atoms. The number of ether oxygens (including phenoxy) is 4. The number of halogens is 3. The lowest BCUT2D eigenvalue weighted by Gasteiger charge is -2.33. The summed E-state index contributed by atoms with van der Waals surface area (Å²) in [5.74, 6) is -1.45. The molecule has 234 valence electrons. The van der Waals surface area contributed by atoms with Gasteiger partial charge in [-0.15, -0.1) is 0 Å². The lowest BCUT2D eigenvalue weighted by Crippen LogP contribution is -2.35. The second-order valence-electron chi connectivity index (χ2n) is 11.6. The largest absolute Gasteiger partial charge is 0.461 e. The summed E-state index contributed by atoms with van der Waals surface area (Å²) in [5.41, 5.74) is 2.52. The van der Waals surface area contributed by atoms with Crippen LogP contribution in [0.25, 0.3) is 6.08 Å². The van der Waals surface area contributed by atoms with Crippen LogP contribution >= 0.6 is 11.6 Å². The van der Waals surface area contributed by atoms with Gasteiger partial charge in [-0.1, -0.05) is 23.7 Å². The third-order valence-corrected chi connectivity index (χ3v) is 8.84. The van der Waals surface area contributed by atoms with E-state index < -0.39 is 23.4 Å². The highest BCUT2D eigenvalue weighted by Gasteiger charge is 2.43. The molecule has 3 aliphatic heterocycles. The Morgan fingerprint density at radius 2 is 1.98 bits per heavy atom. The Balaban J connectivity index is 1.16. The Morgan fingerprint density at radius 1 is 1.20 bits per heavy atom. The minimum Gasteiger partial charge on any atom is -0.461 e. The molecular formula is C33H36ClF2N3O5. The molecule has 11 heteroatoms. The molecule has 8 nitrogen and oxygen atoms in total. The minimum absolute atomic E-state index is 0.0281. The molecule has 6 rings (SSSR count). The zero-order chi connectivity index (χ0) is 31.0. The van der Waals surface area contributed by atoms with Gasteiger partial charge in [-0.05, 0) is 76.4 Å². The number of benzene rings is 2. The maximum atomic E-state index is 14.8. The number of piperidine rings is 1. The quantitative estimate of drug-likeness (QED) is 0.194. The Hall–Kier alpha value is -3.47. The van der Waals surface area contributed by atoms with Crippen LogP contribution < -0.4 is 9.47 Å². The van der Waals surface area contributed by atoms with E-state index in [1.165, 1.54) is 12.1 Å². The molecule has 2 saturated heterocycles. The number of hydrogen-bond acceptors (Lipinski definition) is 7. The molecule has 0 aliphatic carbocycles. The fraction of sp³-hybridized carbons (Fsp3) is 0.455. The van der Waals surface area contributed by atoms with Gasteiger partial charge in [0.1, 0.15) is 11.6 Å². The number of nitrogens with zero attached hydrogens (tertiary/aromatic N) is 3. The monoisotopic (exact) mass is 627 g/mol. The number of esters is 1. The van der Waals surface area contributed by atoms with E-state index >= 15 is 0 Å². The van der Waals surface area contributed by atoms with E-state index in [4.69, 9.17) is 35.5 Å². The molecule has 0 amide bonds. The highest BCUT2D eigenvalue weighted by atomic mass is 35.5. The number of likely N-dealkylation sites (tertiary alicyclic amines) is 1. The Bertz CT molecular complexity index is 1580. The van der Waals surface area contributed by atoms with Crippen LogP contribution in [0.1, 0.15) is 67.4 Å². The minimum atomic E-state index is -1.30. The van der Waals surface area contributed by atoms with E-state index in [0.29, 0.717) is 47.6 Å². The normalized spacial score (nSPS) is 22.2. The van der Waals surface area contributed by atoms with E-state index in [1.54, 1.807) is 26.0 Å². The summed E-state index contributed by atoms with van der Waals surface area (Å²) in [6.45, 7) is 8.72. The smallest absolute Gasteiger partial charge is 0.367 e. The number of fused-ring (bicyclic) bond motifs is 1. The SMILES string of the molecule is CCOC(=O)/C(F)=C\c1c(C)nc(CN2CCC(c3cccc4c3O[C@@](C)(c3ccc(Cl)cc3F)O4)CC2)n1C[C@@H]1CCO1. The number of imidazole rings is 1. The van der Waals surface area contributed by atoms with Gasteiger partial charge in [-0.25, -0.2) is 14.2 Å². The van der Waals surface area contributed by atoms with Crippen LogP contribution in [0.15, 0.2) is 42.2 Å². The van der Waals surface area contributed by atoms with Gasteiger partial charge >= 0.3 is 5.97 Å². The molecule has 3 aromatic rings. The first-order chi connectivity index (χ1) is 21.1. The Morgan fingerprint density at radius 3 is 2.66 bits per heavy atom. The van der Waals surface area contributed by atoms with Crippen molar-refractivity contribution in [3.63, 3.8) is 0 Å². The van der Waals surface area contributed by atoms with E-state index in [9.17, 15) is 13.6 Å². The first-order valence-corrected chi connectivity index (χ1v) is 15.4. The third-order valence-electron chi connectivity index (χ3n) is 8.61. The fourth-order valence-electron chi connectivity index (χ4n) is 6.20. The molecule has 1 aromatic heterocycles. The predicted octanol–water partition coefficient (Wildman–Crippen LogP) is 6.67. The summed E-state index contributed by atoms with van der Waals surface area (Å²) in [5, 5.41) is 0.309. The van der Waals surface area contributed by atoms with Crippen LogP contribution in [0, 0.1) is 12.7 Å². The average Bonchev–Trinajstić information content (AvgIpc) is 3.46. The van der Waals surface area contributed by atoms with E-state index in [-0.39, 0.29) is 24.2 Å². The zero-order valence-electron chi connectivity index (χ0n) is 25.1. The predicted molar refractivity (Wildman–Crippen MR) is 161 cm³/mol. The van der Waals surface area contributed by atoms with Crippen molar-refractivity contribution in [1.29, 1.82) is 0 Å². The highest BCUT2D eigenvalue weighted by Crippen LogP contribution is 2.49. The van der Waals surface area contributed by atoms with Gasteiger partial charge in [-0.3, -0.25) is 4.90 Å². The maximum Gasteiger partial charge on any atom is 0.367 e. The van der Waals surface area contributed by atoms with Gasteiger partial charge in [0.05, 0.1) is 42.8 Å². The molecule has 0 N–H and O–H groups in total. The second kappa shape index (κ2) is 12.5. The van der Waals surface area contributed by atoms with Gasteiger partial charge in [0.2, 0.25) is 5.83 Å². The highest BCUT2D eigenvalue weighted by molar-refractivity contribution is 6.30. The maximum absolute atomic E-state index is 14.8. The van der Waals surface area contributed by atoms with Crippen molar-refractivity contribution < 1.29 is 32.5 Å². The lowest BCUT2D eigenvalue weighted by molar-refractivity contribution is -0.140. The second-order valence-corrected chi connectivity index (χ2v) is 12.0. The summed E-state index contributed by atoms with van der Waals surface area (Å²) < 4.78 is 54.5. The summed E-state index contributed by atoms with van der Waals surface area (Å²) in [6, 6.07) is 10.3. The van der Waals surface area contributed by atoms with E-state index in [2.05, 4.69) is 11.0 Å². The van der Waals surface area contributed by atoms with Gasteiger partial charge in [0.15, 0.2) is 11.5 Å². The van der Waals surface area contributed by atoms with Crippen molar-refractivity contribution in [3.8, 4) is 11.5 Å². The number of carbonyl (C=O) groups excluding carboxylic acids is 1. The number of aromatic nitrogens is 2. The van der Waals surface area contributed by atoms with E-state index in [1.807, 2.05) is 23.6 Å². The number of aryl methyl sites for hydroxylation is 1. The molecule has 44 heavy (non-hydrogen) atoms. The molecule has 3 aliphatic rings. The molecular weight excluding hydrogens is 592 g/mol. The number of carbonyl (C=O) groups is 1. The number of para-hydroxylation sites is 1. The van der Waals surface area contributed by atoms with Crippen molar-refractivity contribution in [3.05, 3.63) is 81.4 Å². The van der Waals surface area contributed by atoms with Gasteiger partial charge in [0, 0.05) is 30.2 Å². The standard InChI is InChI=1S/C33H36ClF2N3O5/c1-4-41-32(40)27(36)17-28-20(2)37-30(39(28)18-23-12-15-42-23)19-38-13-10-21(11-14-38)24-6-5-7-29-31(24)44-33(3,43-29)25-9-8-22(34)16-26(25)35/h5-9,16-17,21,23H,4,10-15,18-19H2,1-3H3/b27-17+/t23-,33-/m0/s1. The molecule has 2 aromatic carbocycles. The van der Waals surface area contributed by atoms with Gasteiger partial charge in [0.25, 0.3) is 5.79 Å². The lowest BCUT2D eigenvalue weighted by atomic mass is 9.88. The van der Waals surface area contributed by atoms with Crippen LogP contribution in [-0.2, 0) is 33.1 Å². The summed E-state index contributed by atoms with van der Waals surface area (Å²) in [7, 11) is 0. The van der Waals surface area contributed by atoms with E-state index in [0.717, 1.165) is 43.7 Å². The van der Waals surface area contributed by atoms with Crippen LogP contribution in [0.4, 0.5) is 8.78 Å². The molecule has 4 heterocycles. The Kier molecular flexibility index (Phi) is 8.68. The van der Waals surface area contributed by atoms with Crippen molar-refractivity contribution in [2.75, 3.05) is 26.3 Å². The summed E-state index contributed by atoms with van der Waals surface area (Å²) in [4.78, 5) is 19.1. The fourth-order valence-corrected chi connectivity index (χ4v) is 6.36. The van der Waals surface area contributed by atoms with Crippen molar-refractivity contribution in [1.82, 2.24) is 14.5 Å². The first kappa shape index (κ1) is 30.6. The molecule has 2 atom stereocenters. The van der Waals surface area contributed by atoms with Crippen LogP contribution in [0.3, 0.4) is 0 Å². The summed E-state index contributed by atoms with van der Waals surface area (Å²) >= 11 is 5.97. The van der Waals surface area contributed by atoms with Crippen molar-refractivity contribution in [2.45, 2.75) is 70.9 Å². The molecule has 0 unspecified atom stereocenters. The molecule has 2 fully saturated rings. The van der Waals surface area contributed by atoms with Crippen LogP contribution in [0.5, 0.6) is 11.5 Å². The molecule has 0 saturated carbocycles. The average molecular weight is 628 g/mol. The zero-order valence-corrected chi connectivity index (χ0v) is 25.8. The molecule has 0 bridgehead atoms. The Labute approximate surface area is 260 Å². The topological polar surface area (TPSA) is 75.0 Å². The number of rotatable bonds is 9. The molecule has 0 radical (unpaired) electrons. The summed E-state index contributed by atoms with van der Waals surface area (Å²) in [6.07, 6.45) is 3.92. The van der Waals surface area contributed by atoms with Crippen molar-refractivity contribution >= 4 is 23.6 Å². The van der Waals surface area contributed by atoms with Gasteiger partial charge in [-0.2, -0.15) is 4.39 Å². The van der Waals surface area contributed by atoms with Gasteiger partial charge < -0.3 is 23.5 Å². The number of hydrogen-bond donors (Lipinski definition) is 0. The first-order valence-electron chi connectivity index (χ1n) is 15.1.